The summed E-state index contributed by atoms with van der Waals surface area (Å²) in [6, 6.07) is 6.41. The van der Waals surface area contributed by atoms with E-state index in [9.17, 15) is 10.2 Å². The predicted molar refractivity (Wildman–Crippen MR) is 95.6 cm³/mol. The lowest BCUT2D eigenvalue weighted by molar-refractivity contribution is 0.160. The number of aryl methyl sites for hydroxylation is 2. The lowest BCUT2D eigenvalue weighted by Crippen LogP contribution is -2.24. The smallest absolute Gasteiger partial charge is 0.138 e. The molecule has 0 saturated heterocycles. The van der Waals surface area contributed by atoms with Crippen LogP contribution in [0.25, 0.3) is 10.2 Å². The van der Waals surface area contributed by atoms with Gasteiger partial charge in [0, 0.05) is 4.88 Å². The molecule has 1 aliphatic carbocycles. The molecule has 0 spiro atoms. The first-order valence-electron chi connectivity index (χ1n) is 8.12. The van der Waals surface area contributed by atoms with E-state index in [0.29, 0.717) is 0 Å². The molecule has 2 heterocycles. The van der Waals surface area contributed by atoms with Crippen molar-refractivity contribution in [3.63, 3.8) is 0 Å². The van der Waals surface area contributed by atoms with Crippen molar-refractivity contribution in [1.82, 2.24) is 9.97 Å². The molecule has 5 nitrogen and oxygen atoms in total. The zero-order valence-electron chi connectivity index (χ0n) is 13.4. The monoisotopic (exact) mass is 341 g/mol. The van der Waals surface area contributed by atoms with Crippen molar-refractivity contribution >= 4 is 27.4 Å². The van der Waals surface area contributed by atoms with E-state index < -0.39 is 6.10 Å². The van der Waals surface area contributed by atoms with Gasteiger partial charge in [0.25, 0.3) is 0 Å². The lowest BCUT2D eigenvalue weighted by atomic mass is 10.0. The van der Waals surface area contributed by atoms with Crippen LogP contribution in [0.4, 0.5) is 5.82 Å². The number of aliphatic hydroxyl groups excluding tert-OH is 1. The Morgan fingerprint density at radius 2 is 1.96 bits per heavy atom. The number of aromatic hydroxyl groups is 1. The van der Waals surface area contributed by atoms with Crippen LogP contribution in [0.15, 0.2) is 30.6 Å². The second-order valence-corrected chi connectivity index (χ2v) is 7.31. The summed E-state index contributed by atoms with van der Waals surface area (Å²) >= 11 is 1.75. The van der Waals surface area contributed by atoms with E-state index in [4.69, 9.17) is 0 Å². The van der Waals surface area contributed by atoms with Crippen LogP contribution in [-0.4, -0.2) is 26.2 Å². The van der Waals surface area contributed by atoms with E-state index in [1.807, 2.05) is 6.92 Å². The number of rotatable bonds is 4. The molecule has 0 saturated carbocycles. The molecule has 1 aromatic carbocycles. The minimum atomic E-state index is -0.692. The minimum Gasteiger partial charge on any atom is -0.508 e. The van der Waals surface area contributed by atoms with E-state index in [0.717, 1.165) is 34.4 Å². The molecular formula is C18H19N3O2S. The van der Waals surface area contributed by atoms with Crippen molar-refractivity contribution in [3.8, 4) is 5.75 Å². The number of nitrogens with one attached hydrogen (secondary N) is 1. The Hall–Kier alpha value is -2.18. The molecule has 0 unspecified atom stereocenters. The highest BCUT2D eigenvalue weighted by Gasteiger charge is 2.23. The summed E-state index contributed by atoms with van der Waals surface area (Å²) in [5, 5.41) is 24.4. The van der Waals surface area contributed by atoms with Gasteiger partial charge in [-0.05, 0) is 49.4 Å². The second-order valence-electron chi connectivity index (χ2n) is 6.23. The largest absolute Gasteiger partial charge is 0.508 e. The number of phenolic OH excluding ortho intramolecular Hbond substituents is 1. The Morgan fingerprint density at radius 1 is 1.17 bits per heavy atom. The molecule has 3 N–H and O–H groups in total. The van der Waals surface area contributed by atoms with Gasteiger partial charge >= 0.3 is 0 Å². The van der Waals surface area contributed by atoms with Crippen LogP contribution < -0.4 is 5.32 Å². The number of phenols is 1. The molecule has 0 bridgehead atoms. The Kier molecular flexibility index (Phi) is 3.86. The summed E-state index contributed by atoms with van der Waals surface area (Å²) in [5.74, 6) is 0.989. The maximum Gasteiger partial charge on any atom is 0.138 e. The van der Waals surface area contributed by atoms with Crippen LogP contribution in [-0.2, 0) is 12.8 Å². The van der Waals surface area contributed by atoms with Crippen molar-refractivity contribution in [2.24, 2.45) is 0 Å². The third-order valence-electron chi connectivity index (χ3n) is 4.57. The van der Waals surface area contributed by atoms with Crippen molar-refractivity contribution in [2.75, 3.05) is 5.32 Å². The maximum atomic E-state index is 10.6. The highest BCUT2D eigenvalue weighted by molar-refractivity contribution is 7.19. The molecule has 6 heteroatoms. The fourth-order valence-corrected chi connectivity index (χ4v) is 4.52. The zero-order chi connectivity index (χ0) is 16.7. The highest BCUT2D eigenvalue weighted by atomic mass is 32.1. The summed E-state index contributed by atoms with van der Waals surface area (Å²) in [5.41, 5.74) is 2.12. The Labute approximate surface area is 144 Å². The SMILES string of the molecule is C[C@@H](Nc1ncnc2sc3c(c12)CCC3)[C@@H](O)c1ccc(O)cc1. The van der Waals surface area contributed by atoms with E-state index in [1.54, 1.807) is 41.9 Å². The average Bonchev–Trinajstić information content (AvgIpc) is 3.16. The third-order valence-corrected chi connectivity index (χ3v) is 5.77. The van der Waals surface area contributed by atoms with Crippen LogP contribution in [0.3, 0.4) is 0 Å². The van der Waals surface area contributed by atoms with Crippen LogP contribution in [0.1, 0.15) is 35.5 Å². The Bertz CT molecular complexity index is 876. The summed E-state index contributed by atoms with van der Waals surface area (Å²) in [4.78, 5) is 11.3. The number of aliphatic hydroxyl groups is 1. The predicted octanol–water partition coefficient (Wildman–Crippen LogP) is 3.42. The first kappa shape index (κ1) is 15.4. The van der Waals surface area contributed by atoms with Gasteiger partial charge in [0.2, 0.25) is 0 Å². The summed E-state index contributed by atoms with van der Waals surface area (Å²) < 4.78 is 0. The normalized spacial score (nSPS) is 16.1. The van der Waals surface area contributed by atoms with Crippen molar-refractivity contribution < 1.29 is 10.2 Å². The number of nitrogens with zero attached hydrogens (tertiary/aromatic N) is 2. The standard InChI is InChI=1S/C18H19N3O2S/c1-10(16(23)11-5-7-12(22)8-6-11)21-17-15-13-3-2-4-14(13)24-18(15)20-9-19-17/h5-10,16,22-23H,2-4H2,1H3,(H,19,20,21)/t10-,16-/m1/s1. The number of benzene rings is 1. The molecule has 0 fully saturated rings. The summed E-state index contributed by atoms with van der Waals surface area (Å²) in [7, 11) is 0. The molecule has 1 aliphatic rings. The van der Waals surface area contributed by atoms with Gasteiger partial charge in [-0.25, -0.2) is 9.97 Å². The van der Waals surface area contributed by atoms with Crippen LogP contribution in [0, 0.1) is 0 Å². The maximum absolute atomic E-state index is 10.6. The second kappa shape index (κ2) is 6.03. The van der Waals surface area contributed by atoms with E-state index in [2.05, 4.69) is 15.3 Å². The van der Waals surface area contributed by atoms with Crippen LogP contribution in [0.2, 0.25) is 0 Å². The number of fused-ring (bicyclic) bond motifs is 3. The molecular weight excluding hydrogens is 322 g/mol. The van der Waals surface area contributed by atoms with E-state index >= 15 is 0 Å². The van der Waals surface area contributed by atoms with Gasteiger partial charge in [-0.1, -0.05) is 12.1 Å². The van der Waals surface area contributed by atoms with Crippen molar-refractivity contribution in [1.29, 1.82) is 0 Å². The molecule has 2 atom stereocenters. The third kappa shape index (κ3) is 2.61. The average molecular weight is 341 g/mol. The molecule has 2 aromatic heterocycles. The number of aromatic nitrogens is 2. The Balaban J connectivity index is 1.63. The van der Waals surface area contributed by atoms with Gasteiger partial charge < -0.3 is 15.5 Å². The van der Waals surface area contributed by atoms with E-state index in [-0.39, 0.29) is 11.8 Å². The molecule has 24 heavy (non-hydrogen) atoms. The van der Waals surface area contributed by atoms with Gasteiger partial charge in [0.15, 0.2) is 0 Å². The van der Waals surface area contributed by atoms with Crippen molar-refractivity contribution in [2.45, 2.75) is 38.3 Å². The first-order chi connectivity index (χ1) is 11.6. The number of hydrogen-bond acceptors (Lipinski definition) is 6. The quantitative estimate of drug-likeness (QED) is 0.678. The first-order valence-corrected chi connectivity index (χ1v) is 8.94. The van der Waals surface area contributed by atoms with E-state index in [1.165, 1.54) is 16.9 Å². The van der Waals surface area contributed by atoms with Gasteiger partial charge in [-0.2, -0.15) is 0 Å². The topological polar surface area (TPSA) is 78.3 Å². The highest BCUT2D eigenvalue weighted by Crippen LogP contribution is 2.39. The van der Waals surface area contributed by atoms with Gasteiger partial charge in [-0.3, -0.25) is 0 Å². The van der Waals surface area contributed by atoms with Crippen molar-refractivity contribution in [3.05, 3.63) is 46.6 Å². The van der Waals surface area contributed by atoms with Crippen LogP contribution in [0.5, 0.6) is 5.75 Å². The molecule has 0 aliphatic heterocycles. The zero-order valence-corrected chi connectivity index (χ0v) is 14.2. The lowest BCUT2D eigenvalue weighted by Gasteiger charge is -2.21. The summed E-state index contributed by atoms with van der Waals surface area (Å²) in [6.07, 6.45) is 4.28. The Morgan fingerprint density at radius 3 is 2.75 bits per heavy atom. The molecule has 124 valence electrons. The number of thiophene rings is 1. The molecule has 3 aromatic rings. The summed E-state index contributed by atoms with van der Waals surface area (Å²) in [6.45, 7) is 1.93. The number of hydrogen-bond donors (Lipinski definition) is 3. The molecule has 0 radical (unpaired) electrons. The van der Waals surface area contributed by atoms with Crippen LogP contribution >= 0.6 is 11.3 Å². The van der Waals surface area contributed by atoms with Gasteiger partial charge in [0.05, 0.1) is 17.5 Å². The fourth-order valence-electron chi connectivity index (χ4n) is 3.29. The van der Waals surface area contributed by atoms with Gasteiger partial charge in [-0.15, -0.1) is 11.3 Å². The molecule has 4 rings (SSSR count). The minimum absolute atomic E-state index is 0.193. The fraction of sp³-hybridized carbons (Fsp3) is 0.333. The number of anilines is 1. The van der Waals surface area contributed by atoms with Gasteiger partial charge in [0.1, 0.15) is 22.7 Å². The molecule has 0 amide bonds.